The van der Waals surface area contributed by atoms with Gasteiger partial charge in [0, 0.05) is 23.3 Å². The number of hydrogen-bond acceptors (Lipinski definition) is 11. The fourth-order valence-corrected chi connectivity index (χ4v) is 8.19. The Morgan fingerprint density at radius 3 is 2.40 bits per heavy atom. The van der Waals surface area contributed by atoms with Crippen LogP contribution in [-0.2, 0) is 24.4 Å². The lowest BCUT2D eigenvalue weighted by Crippen LogP contribution is -2.59. The molecule has 2 aliphatic carbocycles. The summed E-state index contributed by atoms with van der Waals surface area (Å²) in [5, 5.41) is 2.93. The van der Waals surface area contributed by atoms with Gasteiger partial charge in [0.25, 0.3) is 11.8 Å². The molecule has 2 aromatic heterocycles. The molecule has 14 nitrogen and oxygen atoms in total. The van der Waals surface area contributed by atoms with Crippen LogP contribution in [0.3, 0.4) is 0 Å². The van der Waals surface area contributed by atoms with Gasteiger partial charge in [-0.3, -0.25) is 19.1 Å². The fourth-order valence-electron chi connectivity index (χ4n) is 6.83. The predicted octanol–water partition coefficient (Wildman–Crippen LogP) is 4.64. The minimum atomic E-state index is -3.88. The number of likely N-dealkylation sites (tertiary alicyclic amines) is 1. The zero-order valence-electron chi connectivity index (χ0n) is 31.4. The van der Waals surface area contributed by atoms with E-state index in [0.29, 0.717) is 46.7 Å². The van der Waals surface area contributed by atoms with E-state index < -0.39 is 68.1 Å². The Morgan fingerprint density at radius 2 is 1.78 bits per heavy atom. The third-order valence-corrected chi connectivity index (χ3v) is 12.1. The highest BCUT2D eigenvalue weighted by molar-refractivity contribution is 7.91. The van der Waals surface area contributed by atoms with Gasteiger partial charge in [0.2, 0.25) is 27.4 Å². The smallest absolute Gasteiger partial charge is 0.262 e. The summed E-state index contributed by atoms with van der Waals surface area (Å²) < 4.78 is 46.1. The van der Waals surface area contributed by atoms with E-state index in [9.17, 15) is 22.8 Å². The van der Waals surface area contributed by atoms with E-state index in [2.05, 4.69) is 16.6 Å². The summed E-state index contributed by atoms with van der Waals surface area (Å²) >= 11 is 0. The number of fused-ring (bicyclic) bond motifs is 3. The predicted molar refractivity (Wildman–Crippen MR) is 209 cm³/mol. The van der Waals surface area contributed by atoms with Crippen molar-refractivity contribution in [1.82, 2.24) is 24.9 Å². The lowest BCUT2D eigenvalue weighted by Gasteiger charge is -2.33. The maximum Gasteiger partial charge on any atom is 0.262 e. The van der Waals surface area contributed by atoms with Crippen molar-refractivity contribution in [3.05, 3.63) is 61.2 Å². The molecule has 0 spiro atoms. The van der Waals surface area contributed by atoms with Crippen LogP contribution in [0, 0.1) is 11.3 Å². The first-order valence-electron chi connectivity index (χ1n) is 18.2. The molecule has 1 unspecified atom stereocenters. The number of benzene rings is 2. The van der Waals surface area contributed by atoms with Crippen LogP contribution < -0.4 is 25.2 Å². The van der Waals surface area contributed by atoms with Gasteiger partial charge >= 0.3 is 0 Å². The Kier molecular flexibility index (Phi) is 10.7. The second kappa shape index (κ2) is 14.7. The molecule has 294 valence electrons. The standard InChI is InChI=1S/C39H46N6O8S.ClH/c1-7-23-19-39(23,37(48)44-54(49,50)26-16-17-26)43-34(46)28-18-25(20-45(28)36(47)32(40)38(4,5)6)52-35-31-30(27-10-8-9-11-29(27)53-31)41-33(42-35)22-12-14-24(15-13-22)51-21(2)3;/h7-15,21,23,25-26,28,32H,1,16-20,40H2,2-6H3,(H,43,46)(H,44,48);1H/t23-,25-,28+,32-,39?;/m1./s1. The molecule has 3 heterocycles. The zero-order valence-corrected chi connectivity index (χ0v) is 33.0. The first kappa shape index (κ1) is 39.9. The number of nitrogens with two attached hydrogens (primary N) is 1. The minimum absolute atomic E-state index is 0. The van der Waals surface area contributed by atoms with Crippen molar-refractivity contribution >= 4 is 62.2 Å². The molecule has 4 aromatic rings. The van der Waals surface area contributed by atoms with E-state index in [1.165, 1.54) is 11.0 Å². The number of aromatic nitrogens is 2. The third-order valence-electron chi connectivity index (χ3n) is 10.2. The van der Waals surface area contributed by atoms with Crippen molar-refractivity contribution in [2.45, 2.75) is 95.4 Å². The summed E-state index contributed by atoms with van der Waals surface area (Å²) in [6, 6.07) is 12.7. The first-order valence-corrected chi connectivity index (χ1v) is 19.7. The Bertz CT molecular complexity index is 2250. The molecule has 0 bridgehead atoms. The lowest BCUT2D eigenvalue weighted by molar-refractivity contribution is -0.142. The maximum absolute atomic E-state index is 14.2. The fraction of sp³-hybridized carbons (Fsp3) is 0.462. The van der Waals surface area contributed by atoms with Crippen LogP contribution in [0.1, 0.15) is 60.3 Å². The summed E-state index contributed by atoms with van der Waals surface area (Å²) in [5.74, 6) is -1.25. The van der Waals surface area contributed by atoms with Crippen LogP contribution in [0.2, 0.25) is 0 Å². The van der Waals surface area contributed by atoms with Gasteiger partial charge in [0.05, 0.1) is 23.9 Å². The molecule has 2 saturated carbocycles. The van der Waals surface area contributed by atoms with Crippen LogP contribution in [0.25, 0.3) is 33.5 Å². The van der Waals surface area contributed by atoms with Gasteiger partial charge < -0.3 is 29.8 Å². The summed E-state index contributed by atoms with van der Waals surface area (Å²) in [6.07, 6.45) is 1.87. The third kappa shape index (κ3) is 7.87. The first-order chi connectivity index (χ1) is 25.5. The molecule has 1 saturated heterocycles. The quantitative estimate of drug-likeness (QED) is 0.169. The Balaban J connectivity index is 0.00000514. The van der Waals surface area contributed by atoms with Crippen molar-refractivity contribution in [3.63, 3.8) is 0 Å². The number of nitrogens with zero attached hydrogens (tertiary/aromatic N) is 3. The number of rotatable bonds is 12. The molecule has 16 heteroatoms. The molecular formula is C39H47ClN6O8S. The van der Waals surface area contributed by atoms with Crippen LogP contribution >= 0.6 is 12.4 Å². The van der Waals surface area contributed by atoms with E-state index in [4.69, 9.17) is 29.6 Å². The zero-order chi connectivity index (χ0) is 38.7. The number of carbonyl (C=O) groups excluding carboxylic acids is 3. The number of sulfonamides is 1. The average Bonchev–Trinajstić information content (AvgIpc) is 4.02. The van der Waals surface area contributed by atoms with E-state index in [1.807, 2.05) is 83.1 Å². The van der Waals surface area contributed by atoms with Crippen molar-refractivity contribution in [2.75, 3.05) is 6.54 Å². The highest BCUT2D eigenvalue weighted by Gasteiger charge is 2.62. The van der Waals surface area contributed by atoms with Crippen LogP contribution in [0.15, 0.2) is 65.6 Å². The molecule has 5 atom stereocenters. The number of para-hydroxylation sites is 1. The average molecular weight is 795 g/mol. The normalized spacial score (nSPS) is 22.9. The van der Waals surface area contributed by atoms with Crippen molar-refractivity contribution in [3.8, 4) is 23.0 Å². The Morgan fingerprint density at radius 1 is 1.09 bits per heavy atom. The maximum atomic E-state index is 14.2. The number of amides is 3. The largest absolute Gasteiger partial charge is 0.491 e. The topological polar surface area (TPSA) is 196 Å². The molecule has 1 aliphatic heterocycles. The second-order valence-corrected chi connectivity index (χ2v) is 17.8. The molecule has 3 fully saturated rings. The molecule has 3 amide bonds. The number of hydrogen-bond donors (Lipinski definition) is 3. The summed E-state index contributed by atoms with van der Waals surface area (Å²) in [5.41, 5.74) is 6.40. The van der Waals surface area contributed by atoms with Gasteiger partial charge in [0.15, 0.2) is 5.82 Å². The lowest BCUT2D eigenvalue weighted by atomic mass is 9.86. The summed E-state index contributed by atoms with van der Waals surface area (Å²) in [4.78, 5) is 52.7. The number of furan rings is 1. The van der Waals surface area contributed by atoms with Gasteiger partial charge in [-0.15, -0.1) is 19.0 Å². The number of ether oxygens (including phenoxy) is 2. The van der Waals surface area contributed by atoms with Gasteiger partial charge in [-0.05, 0) is 74.9 Å². The summed E-state index contributed by atoms with van der Waals surface area (Å²) in [6.45, 7) is 13.1. The highest BCUT2D eigenvalue weighted by atomic mass is 35.5. The SMILES string of the molecule is C=C[C@@H]1CC1(NC(=O)[C@@H]1C[C@@H](Oc2nc(-c3ccc(OC(C)C)cc3)nc3c2oc2ccccc23)CN1C(=O)[C@@H](N)C(C)(C)C)C(=O)NS(=O)(=O)C1CC1.Cl. The number of halogens is 1. The van der Waals surface area contributed by atoms with Crippen LogP contribution in [0.4, 0.5) is 0 Å². The molecular weight excluding hydrogens is 748 g/mol. The molecule has 2 aromatic carbocycles. The van der Waals surface area contributed by atoms with E-state index in [-0.39, 0.29) is 43.8 Å². The summed E-state index contributed by atoms with van der Waals surface area (Å²) in [7, 11) is -3.88. The van der Waals surface area contributed by atoms with Gasteiger partial charge in [-0.2, -0.15) is 4.98 Å². The second-order valence-electron chi connectivity index (χ2n) is 15.8. The molecule has 55 heavy (non-hydrogen) atoms. The van der Waals surface area contributed by atoms with Crippen LogP contribution in [-0.4, -0.2) is 82.6 Å². The Labute approximate surface area is 326 Å². The van der Waals surface area contributed by atoms with Gasteiger partial charge in [0.1, 0.15) is 34.5 Å². The van der Waals surface area contributed by atoms with Crippen molar-refractivity contribution < 1.29 is 36.7 Å². The van der Waals surface area contributed by atoms with Gasteiger partial charge in [-0.25, -0.2) is 13.4 Å². The molecule has 4 N–H and O–H groups in total. The van der Waals surface area contributed by atoms with E-state index in [1.54, 1.807) is 0 Å². The Hall–Kier alpha value is -4.73. The van der Waals surface area contributed by atoms with Crippen LogP contribution in [0.5, 0.6) is 11.6 Å². The van der Waals surface area contributed by atoms with E-state index in [0.717, 1.165) is 5.39 Å². The van der Waals surface area contributed by atoms with Crippen molar-refractivity contribution in [1.29, 1.82) is 0 Å². The number of nitrogens with one attached hydrogen (secondary N) is 2. The molecule has 0 radical (unpaired) electrons. The number of carbonyl (C=O) groups is 3. The monoisotopic (exact) mass is 794 g/mol. The molecule has 7 rings (SSSR count). The highest BCUT2D eigenvalue weighted by Crippen LogP contribution is 2.46. The van der Waals surface area contributed by atoms with Gasteiger partial charge in [-0.1, -0.05) is 39.0 Å². The molecule has 3 aliphatic rings. The van der Waals surface area contributed by atoms with Crippen molar-refractivity contribution in [2.24, 2.45) is 17.1 Å². The minimum Gasteiger partial charge on any atom is -0.491 e. The van der Waals surface area contributed by atoms with E-state index >= 15 is 0 Å².